The summed E-state index contributed by atoms with van der Waals surface area (Å²) in [7, 11) is 1.51. The molecule has 114 valence electrons. The topological polar surface area (TPSA) is 72.8 Å². The molecule has 0 aliphatic carbocycles. The summed E-state index contributed by atoms with van der Waals surface area (Å²) in [6, 6.07) is 0. The van der Waals surface area contributed by atoms with Crippen molar-refractivity contribution in [2.24, 2.45) is 10.8 Å². The number of aliphatic hydroxyl groups excluding tert-OH is 1. The number of ether oxygens (including phenoxy) is 2. The van der Waals surface area contributed by atoms with Crippen molar-refractivity contribution in [3.8, 4) is 0 Å². The molecule has 0 bridgehead atoms. The third-order valence-electron chi connectivity index (χ3n) is 4.11. The highest BCUT2D eigenvalue weighted by atomic mass is 16.5. The van der Waals surface area contributed by atoms with Crippen LogP contribution in [0.4, 0.5) is 0 Å². The van der Waals surface area contributed by atoms with Crippen molar-refractivity contribution < 1.29 is 24.2 Å². The van der Waals surface area contributed by atoms with Gasteiger partial charge in [0.2, 0.25) is 0 Å². The highest BCUT2D eigenvalue weighted by Gasteiger charge is 2.50. The van der Waals surface area contributed by atoms with Gasteiger partial charge in [-0.3, -0.25) is 9.59 Å². The van der Waals surface area contributed by atoms with Crippen LogP contribution in [0.1, 0.15) is 27.7 Å². The van der Waals surface area contributed by atoms with E-state index in [1.54, 1.807) is 27.7 Å². The second-order valence-electron chi connectivity index (χ2n) is 6.30. The summed E-state index contributed by atoms with van der Waals surface area (Å²) in [6.45, 7) is 10.5. The first kappa shape index (κ1) is 17.0. The molecule has 3 unspecified atom stereocenters. The number of allylic oxidation sites excluding steroid dienone is 1. The van der Waals surface area contributed by atoms with Crippen LogP contribution in [-0.4, -0.2) is 48.7 Å². The van der Waals surface area contributed by atoms with Crippen molar-refractivity contribution in [3.63, 3.8) is 0 Å². The third-order valence-corrected chi connectivity index (χ3v) is 4.11. The van der Waals surface area contributed by atoms with Crippen LogP contribution in [0.3, 0.4) is 0 Å². The second kappa shape index (κ2) is 5.76. The van der Waals surface area contributed by atoms with E-state index >= 15 is 0 Å². The zero-order valence-corrected chi connectivity index (χ0v) is 12.8. The molecule has 1 aliphatic rings. The molecule has 0 aromatic carbocycles. The monoisotopic (exact) mass is 284 g/mol. The molecule has 0 spiro atoms. The van der Waals surface area contributed by atoms with E-state index in [4.69, 9.17) is 9.47 Å². The average molecular weight is 284 g/mol. The first-order chi connectivity index (χ1) is 9.09. The van der Waals surface area contributed by atoms with E-state index in [9.17, 15) is 14.7 Å². The predicted octanol–water partition coefficient (Wildman–Crippen LogP) is 1.14. The van der Waals surface area contributed by atoms with Gasteiger partial charge in [0, 0.05) is 12.5 Å². The Balaban J connectivity index is 2.96. The van der Waals surface area contributed by atoms with Gasteiger partial charge in [-0.2, -0.15) is 0 Å². The van der Waals surface area contributed by atoms with Crippen molar-refractivity contribution in [2.45, 2.75) is 46.0 Å². The molecule has 1 rings (SSSR count). The SMILES string of the molecule is C=CC(C)(C)C(=O)C(O)C1OCC(OC)C(C)(C)C1=O. The number of aliphatic hydroxyl groups is 1. The molecule has 0 radical (unpaired) electrons. The number of carbonyl (C=O) groups is 2. The van der Waals surface area contributed by atoms with Crippen molar-refractivity contribution in [3.05, 3.63) is 12.7 Å². The Labute approximate surface area is 119 Å². The molecular weight excluding hydrogens is 260 g/mol. The zero-order valence-electron chi connectivity index (χ0n) is 12.8. The number of rotatable bonds is 5. The highest BCUT2D eigenvalue weighted by molar-refractivity contribution is 5.98. The van der Waals surface area contributed by atoms with E-state index in [0.29, 0.717) is 0 Å². The van der Waals surface area contributed by atoms with E-state index in [1.807, 2.05) is 0 Å². The van der Waals surface area contributed by atoms with Crippen LogP contribution in [0.2, 0.25) is 0 Å². The fourth-order valence-corrected chi connectivity index (χ4v) is 2.22. The first-order valence-electron chi connectivity index (χ1n) is 6.64. The molecule has 5 nitrogen and oxygen atoms in total. The van der Waals surface area contributed by atoms with Crippen molar-refractivity contribution in [1.29, 1.82) is 0 Å². The maximum absolute atomic E-state index is 12.4. The lowest BCUT2D eigenvalue weighted by Gasteiger charge is -2.41. The molecule has 20 heavy (non-hydrogen) atoms. The van der Waals surface area contributed by atoms with Gasteiger partial charge < -0.3 is 14.6 Å². The number of methoxy groups -OCH3 is 1. The maximum Gasteiger partial charge on any atom is 0.173 e. The van der Waals surface area contributed by atoms with Crippen LogP contribution in [0.5, 0.6) is 0 Å². The van der Waals surface area contributed by atoms with Crippen LogP contribution >= 0.6 is 0 Å². The van der Waals surface area contributed by atoms with Crippen molar-refractivity contribution in [1.82, 2.24) is 0 Å². The minimum absolute atomic E-state index is 0.165. The zero-order chi connectivity index (χ0) is 15.7. The van der Waals surface area contributed by atoms with E-state index in [1.165, 1.54) is 13.2 Å². The number of hydrogen-bond donors (Lipinski definition) is 1. The molecule has 3 atom stereocenters. The highest BCUT2D eigenvalue weighted by Crippen LogP contribution is 2.34. The Hall–Kier alpha value is -1.04. The molecule has 5 heteroatoms. The Morgan fingerprint density at radius 3 is 2.60 bits per heavy atom. The Morgan fingerprint density at radius 2 is 2.15 bits per heavy atom. The van der Waals surface area contributed by atoms with Crippen LogP contribution in [0.15, 0.2) is 12.7 Å². The molecule has 0 aromatic rings. The molecule has 0 aromatic heterocycles. The molecule has 1 aliphatic heterocycles. The lowest BCUT2D eigenvalue weighted by atomic mass is 9.74. The lowest BCUT2D eigenvalue weighted by molar-refractivity contribution is -0.184. The fraction of sp³-hybridized carbons (Fsp3) is 0.733. The van der Waals surface area contributed by atoms with Crippen molar-refractivity contribution >= 4 is 11.6 Å². The molecule has 1 saturated heterocycles. The van der Waals surface area contributed by atoms with Gasteiger partial charge in [-0.1, -0.05) is 19.9 Å². The van der Waals surface area contributed by atoms with Gasteiger partial charge in [0.25, 0.3) is 0 Å². The van der Waals surface area contributed by atoms with Gasteiger partial charge >= 0.3 is 0 Å². The van der Waals surface area contributed by atoms with E-state index < -0.39 is 28.8 Å². The van der Waals surface area contributed by atoms with Crippen LogP contribution in [0, 0.1) is 10.8 Å². The van der Waals surface area contributed by atoms with Gasteiger partial charge in [0.05, 0.1) is 18.1 Å². The van der Waals surface area contributed by atoms with Crippen LogP contribution in [-0.2, 0) is 19.1 Å². The van der Waals surface area contributed by atoms with Gasteiger partial charge in [0.15, 0.2) is 11.6 Å². The summed E-state index contributed by atoms with van der Waals surface area (Å²) in [5.74, 6) is -0.797. The van der Waals surface area contributed by atoms with E-state index in [-0.39, 0.29) is 18.5 Å². The molecule has 0 saturated carbocycles. The number of hydrogen-bond acceptors (Lipinski definition) is 5. The lowest BCUT2D eigenvalue weighted by Crippen LogP contribution is -2.58. The minimum atomic E-state index is -1.49. The van der Waals surface area contributed by atoms with Gasteiger partial charge in [-0.25, -0.2) is 0 Å². The quantitative estimate of drug-likeness (QED) is 0.766. The fourth-order valence-electron chi connectivity index (χ4n) is 2.22. The van der Waals surface area contributed by atoms with Gasteiger partial charge in [0.1, 0.15) is 12.2 Å². The third kappa shape index (κ3) is 2.85. The second-order valence-corrected chi connectivity index (χ2v) is 6.30. The standard InChI is InChI=1S/C15H24O5/c1-7-14(2,3)12(17)10(16)11-13(18)15(4,5)9(19-6)8-20-11/h7,9-11,16H,1,8H2,2-6H3. The summed E-state index contributed by atoms with van der Waals surface area (Å²) < 4.78 is 10.6. The number of carbonyl (C=O) groups excluding carboxylic acids is 2. The summed E-state index contributed by atoms with van der Waals surface area (Å²) in [4.78, 5) is 24.7. The Morgan fingerprint density at radius 1 is 1.60 bits per heavy atom. The van der Waals surface area contributed by atoms with Crippen LogP contribution in [0.25, 0.3) is 0 Å². The predicted molar refractivity (Wildman–Crippen MR) is 74.3 cm³/mol. The molecule has 0 amide bonds. The Kier molecular flexibility index (Phi) is 4.90. The normalized spacial score (nSPS) is 28.0. The first-order valence-corrected chi connectivity index (χ1v) is 6.64. The smallest absolute Gasteiger partial charge is 0.173 e. The summed E-state index contributed by atoms with van der Waals surface area (Å²) in [6.07, 6.45) is -1.58. The summed E-state index contributed by atoms with van der Waals surface area (Å²) >= 11 is 0. The van der Waals surface area contributed by atoms with Gasteiger partial charge in [-0.05, 0) is 13.8 Å². The number of Topliss-reactive ketones (excluding diaryl/α,β-unsaturated/α-hetero) is 2. The molecular formula is C15H24O5. The minimum Gasteiger partial charge on any atom is -0.382 e. The summed E-state index contributed by atoms with van der Waals surface area (Å²) in [5.41, 5.74) is -1.72. The van der Waals surface area contributed by atoms with E-state index in [0.717, 1.165) is 0 Å². The molecule has 1 N–H and O–H groups in total. The Bertz CT molecular complexity index is 410. The van der Waals surface area contributed by atoms with E-state index in [2.05, 4.69) is 6.58 Å². The number of ketones is 2. The maximum atomic E-state index is 12.4. The van der Waals surface area contributed by atoms with Gasteiger partial charge in [-0.15, -0.1) is 6.58 Å². The molecule has 1 heterocycles. The van der Waals surface area contributed by atoms with Crippen LogP contribution < -0.4 is 0 Å². The summed E-state index contributed by atoms with van der Waals surface area (Å²) in [5, 5.41) is 10.2. The molecule has 1 fully saturated rings. The van der Waals surface area contributed by atoms with Crippen molar-refractivity contribution in [2.75, 3.05) is 13.7 Å². The largest absolute Gasteiger partial charge is 0.382 e. The average Bonchev–Trinajstić information content (AvgIpc) is 2.40.